The van der Waals surface area contributed by atoms with Gasteiger partial charge in [0.2, 0.25) is 0 Å². The number of hydrogen-bond donors (Lipinski definition) is 2. The van der Waals surface area contributed by atoms with E-state index in [-0.39, 0.29) is 6.61 Å². The van der Waals surface area contributed by atoms with Crippen LogP contribution in [0.3, 0.4) is 0 Å². The molecule has 1 aliphatic carbocycles. The highest BCUT2D eigenvalue weighted by Gasteiger charge is 2.43. The topological polar surface area (TPSA) is 52.7 Å². The predicted molar refractivity (Wildman–Crippen MR) is 65.3 cm³/mol. The van der Waals surface area contributed by atoms with Crippen LogP contribution in [0.25, 0.3) is 0 Å². The second-order valence-corrected chi connectivity index (χ2v) is 5.38. The smallest absolute Gasteiger partial charge is 0.0558 e. The fourth-order valence-electron chi connectivity index (χ4n) is 2.76. The molecule has 2 aliphatic rings. The number of piperazine rings is 1. The van der Waals surface area contributed by atoms with Crippen LogP contribution in [0.15, 0.2) is 0 Å². The fourth-order valence-corrected chi connectivity index (χ4v) is 2.76. The van der Waals surface area contributed by atoms with Gasteiger partial charge in [-0.1, -0.05) is 0 Å². The quantitative estimate of drug-likeness (QED) is 0.655. The summed E-state index contributed by atoms with van der Waals surface area (Å²) in [6.45, 7) is 7.75. The summed E-state index contributed by atoms with van der Waals surface area (Å²) in [5.74, 6) is 0. The van der Waals surface area contributed by atoms with Gasteiger partial charge in [-0.3, -0.25) is 4.90 Å². The molecule has 1 saturated heterocycles. The Balaban J connectivity index is 1.69. The molecule has 0 aromatic rings. The monoisotopic (exact) mass is 227 g/mol. The van der Waals surface area contributed by atoms with E-state index in [0.717, 1.165) is 39.3 Å². The summed E-state index contributed by atoms with van der Waals surface area (Å²) in [5.41, 5.74) is 6.24. The molecular weight excluding hydrogens is 202 g/mol. The highest BCUT2D eigenvalue weighted by atomic mass is 16.3. The van der Waals surface area contributed by atoms with E-state index in [1.165, 1.54) is 25.8 Å². The van der Waals surface area contributed by atoms with Gasteiger partial charge in [0.1, 0.15) is 0 Å². The molecule has 0 amide bonds. The molecule has 4 heteroatoms. The van der Waals surface area contributed by atoms with Crippen molar-refractivity contribution in [3.05, 3.63) is 0 Å². The van der Waals surface area contributed by atoms with Crippen molar-refractivity contribution in [1.29, 1.82) is 0 Å². The molecule has 94 valence electrons. The molecule has 2 fully saturated rings. The molecule has 3 N–H and O–H groups in total. The standard InChI is InChI=1S/C12H25N3O/c13-4-3-12(1-2-12)11-15-7-5-14(6-8-15)9-10-16/h16H,1-11,13H2. The Bertz CT molecular complexity index is 210. The lowest BCUT2D eigenvalue weighted by molar-refractivity contribution is 0.0968. The van der Waals surface area contributed by atoms with Gasteiger partial charge in [-0.2, -0.15) is 0 Å². The minimum atomic E-state index is 0.289. The first-order valence-corrected chi connectivity index (χ1v) is 6.54. The maximum Gasteiger partial charge on any atom is 0.0558 e. The van der Waals surface area contributed by atoms with Gasteiger partial charge in [-0.15, -0.1) is 0 Å². The third-order valence-electron chi connectivity index (χ3n) is 4.07. The third-order valence-corrected chi connectivity index (χ3v) is 4.07. The van der Waals surface area contributed by atoms with Crippen molar-refractivity contribution in [1.82, 2.24) is 9.80 Å². The first-order chi connectivity index (χ1) is 7.78. The summed E-state index contributed by atoms with van der Waals surface area (Å²) in [7, 11) is 0. The summed E-state index contributed by atoms with van der Waals surface area (Å²) >= 11 is 0. The van der Waals surface area contributed by atoms with Crippen LogP contribution >= 0.6 is 0 Å². The van der Waals surface area contributed by atoms with E-state index in [4.69, 9.17) is 10.8 Å². The highest BCUT2D eigenvalue weighted by Crippen LogP contribution is 2.49. The maximum atomic E-state index is 8.88. The molecule has 0 aromatic heterocycles. The first-order valence-electron chi connectivity index (χ1n) is 6.54. The molecule has 4 nitrogen and oxygen atoms in total. The molecule has 2 rings (SSSR count). The van der Waals surface area contributed by atoms with E-state index in [0.29, 0.717) is 5.41 Å². The number of aliphatic hydroxyl groups is 1. The minimum absolute atomic E-state index is 0.289. The average molecular weight is 227 g/mol. The SMILES string of the molecule is NCCC1(CN2CCN(CCO)CC2)CC1. The van der Waals surface area contributed by atoms with E-state index in [2.05, 4.69) is 9.80 Å². The molecule has 1 aliphatic heterocycles. The van der Waals surface area contributed by atoms with Gasteiger partial charge < -0.3 is 15.7 Å². The lowest BCUT2D eigenvalue weighted by Gasteiger charge is -2.36. The van der Waals surface area contributed by atoms with Crippen molar-refractivity contribution in [2.45, 2.75) is 19.3 Å². The Morgan fingerprint density at radius 1 is 1.06 bits per heavy atom. The van der Waals surface area contributed by atoms with Crippen LogP contribution in [0.1, 0.15) is 19.3 Å². The van der Waals surface area contributed by atoms with Gasteiger partial charge in [0.15, 0.2) is 0 Å². The second-order valence-electron chi connectivity index (χ2n) is 5.38. The Morgan fingerprint density at radius 3 is 2.19 bits per heavy atom. The third kappa shape index (κ3) is 3.17. The van der Waals surface area contributed by atoms with Crippen LogP contribution < -0.4 is 5.73 Å². The van der Waals surface area contributed by atoms with Crippen LogP contribution in [0.5, 0.6) is 0 Å². The molecule has 1 heterocycles. The maximum absolute atomic E-state index is 8.88. The van der Waals surface area contributed by atoms with Gasteiger partial charge in [0, 0.05) is 39.3 Å². The van der Waals surface area contributed by atoms with E-state index in [1.54, 1.807) is 0 Å². The van der Waals surface area contributed by atoms with Crippen LogP contribution in [0, 0.1) is 5.41 Å². The number of nitrogens with two attached hydrogens (primary N) is 1. The molecule has 0 atom stereocenters. The van der Waals surface area contributed by atoms with Crippen molar-refractivity contribution in [3.8, 4) is 0 Å². The summed E-state index contributed by atoms with van der Waals surface area (Å²) in [6, 6.07) is 0. The van der Waals surface area contributed by atoms with Crippen molar-refractivity contribution in [2.24, 2.45) is 11.1 Å². The zero-order chi connectivity index (χ0) is 11.4. The van der Waals surface area contributed by atoms with Gasteiger partial charge in [0.05, 0.1) is 6.61 Å². The van der Waals surface area contributed by atoms with E-state index in [9.17, 15) is 0 Å². The lowest BCUT2D eigenvalue weighted by Crippen LogP contribution is -2.48. The molecule has 0 aromatic carbocycles. The number of β-amino-alcohol motifs (C(OH)–C–C–N with tert-alkyl or cyclic N) is 1. The second kappa shape index (κ2) is 5.45. The Hall–Kier alpha value is -0.160. The first kappa shape index (κ1) is 12.3. The number of nitrogens with zero attached hydrogens (tertiary/aromatic N) is 2. The number of aliphatic hydroxyl groups excluding tert-OH is 1. The molecule has 16 heavy (non-hydrogen) atoms. The zero-order valence-electron chi connectivity index (χ0n) is 10.2. The fraction of sp³-hybridized carbons (Fsp3) is 1.00. The van der Waals surface area contributed by atoms with Crippen molar-refractivity contribution in [2.75, 3.05) is 52.4 Å². The lowest BCUT2D eigenvalue weighted by atomic mass is 10.0. The van der Waals surface area contributed by atoms with Crippen LogP contribution in [0.2, 0.25) is 0 Å². The Kier molecular flexibility index (Phi) is 4.19. The Labute approximate surface area is 98.4 Å². The molecule has 0 spiro atoms. The van der Waals surface area contributed by atoms with Gasteiger partial charge in [0.25, 0.3) is 0 Å². The summed E-state index contributed by atoms with van der Waals surface area (Å²) in [4.78, 5) is 4.93. The van der Waals surface area contributed by atoms with Gasteiger partial charge in [-0.05, 0) is 31.2 Å². The molecule has 0 radical (unpaired) electrons. The molecule has 0 bridgehead atoms. The van der Waals surface area contributed by atoms with Gasteiger partial charge in [-0.25, -0.2) is 0 Å². The molecule has 0 unspecified atom stereocenters. The van der Waals surface area contributed by atoms with E-state index in [1.807, 2.05) is 0 Å². The van der Waals surface area contributed by atoms with Crippen molar-refractivity contribution >= 4 is 0 Å². The van der Waals surface area contributed by atoms with E-state index < -0.39 is 0 Å². The largest absolute Gasteiger partial charge is 0.395 e. The van der Waals surface area contributed by atoms with E-state index >= 15 is 0 Å². The summed E-state index contributed by atoms with van der Waals surface area (Å²) in [6.07, 6.45) is 3.95. The van der Waals surface area contributed by atoms with Crippen molar-refractivity contribution in [3.63, 3.8) is 0 Å². The predicted octanol–water partition coefficient (Wildman–Crippen LogP) is -0.275. The van der Waals surface area contributed by atoms with Crippen molar-refractivity contribution < 1.29 is 5.11 Å². The normalized spacial score (nSPS) is 25.9. The molecule has 1 saturated carbocycles. The minimum Gasteiger partial charge on any atom is -0.395 e. The van der Waals surface area contributed by atoms with Crippen LogP contribution in [-0.4, -0.2) is 67.3 Å². The summed E-state index contributed by atoms with van der Waals surface area (Å²) in [5, 5.41) is 8.88. The molecular formula is C12H25N3O. The number of rotatable bonds is 6. The average Bonchev–Trinajstić information content (AvgIpc) is 3.02. The Morgan fingerprint density at radius 2 is 1.69 bits per heavy atom. The van der Waals surface area contributed by atoms with Crippen LogP contribution in [0.4, 0.5) is 0 Å². The zero-order valence-corrected chi connectivity index (χ0v) is 10.2. The highest BCUT2D eigenvalue weighted by molar-refractivity contribution is 4.96. The van der Waals surface area contributed by atoms with Gasteiger partial charge >= 0.3 is 0 Å². The summed E-state index contributed by atoms with van der Waals surface area (Å²) < 4.78 is 0. The number of hydrogen-bond acceptors (Lipinski definition) is 4. The van der Waals surface area contributed by atoms with Crippen LogP contribution in [-0.2, 0) is 0 Å².